The summed E-state index contributed by atoms with van der Waals surface area (Å²) in [7, 11) is 0. The predicted octanol–water partition coefficient (Wildman–Crippen LogP) is 11.1. The van der Waals surface area contributed by atoms with Gasteiger partial charge in [0.2, 0.25) is 0 Å². The molecule has 0 aliphatic heterocycles. The zero-order valence-corrected chi connectivity index (χ0v) is 39.0. The van der Waals surface area contributed by atoms with Crippen molar-refractivity contribution in [2.24, 2.45) is 0 Å². The number of ether oxygens (including phenoxy) is 7. The molecule has 1 N–H and O–H groups in total. The van der Waals surface area contributed by atoms with Crippen LogP contribution in [0.1, 0.15) is 207 Å². The molecule has 0 aliphatic carbocycles. The van der Waals surface area contributed by atoms with E-state index in [0.717, 1.165) is 96.7 Å². The van der Waals surface area contributed by atoms with E-state index in [1.807, 2.05) is 0 Å². The van der Waals surface area contributed by atoms with Crippen LogP contribution in [0.15, 0.2) is 0 Å². The Bertz CT molecular complexity index is 772. The second-order valence-corrected chi connectivity index (χ2v) is 16.1. The van der Waals surface area contributed by atoms with Crippen molar-refractivity contribution >= 4 is 11.9 Å². The summed E-state index contributed by atoms with van der Waals surface area (Å²) in [4.78, 5) is 27.5. The predicted molar refractivity (Wildman–Crippen MR) is 240 cm³/mol. The minimum atomic E-state index is -0.360. The van der Waals surface area contributed by atoms with Crippen LogP contribution in [0.2, 0.25) is 0 Å². The number of esters is 2. The van der Waals surface area contributed by atoms with Gasteiger partial charge in [0.1, 0.15) is 0 Å². The van der Waals surface area contributed by atoms with Gasteiger partial charge in [0, 0.05) is 45.8 Å². The fraction of sp³-hybridized carbons (Fsp3) is 0.958. The monoisotopic (exact) mass is 846 g/mol. The van der Waals surface area contributed by atoms with Crippen molar-refractivity contribution in [1.29, 1.82) is 0 Å². The Labute approximate surface area is 363 Å². The topological polar surface area (TPSA) is 122 Å². The third-order valence-corrected chi connectivity index (χ3v) is 10.4. The van der Waals surface area contributed by atoms with Crippen molar-refractivity contribution in [2.45, 2.75) is 220 Å². The molecule has 0 fully saturated rings. The lowest BCUT2D eigenvalue weighted by atomic mass is 10.2. The van der Waals surface area contributed by atoms with E-state index in [2.05, 4.69) is 32.6 Å². The largest absolute Gasteiger partial charge is 0.466 e. The fourth-order valence-corrected chi connectivity index (χ4v) is 6.67. The van der Waals surface area contributed by atoms with Crippen LogP contribution in [0, 0.1) is 0 Å². The number of nitrogens with zero attached hydrogens (tertiary/aromatic N) is 1. The Kier molecular flexibility index (Phi) is 46.6. The van der Waals surface area contributed by atoms with Crippen molar-refractivity contribution < 1.29 is 47.9 Å². The van der Waals surface area contributed by atoms with Gasteiger partial charge in [0.05, 0.1) is 45.9 Å². The number of hydrogen-bond acceptors (Lipinski definition) is 11. The molecular weight excluding hydrogens is 751 g/mol. The van der Waals surface area contributed by atoms with Crippen molar-refractivity contribution in [3.05, 3.63) is 0 Å². The molecule has 0 atom stereocenters. The standard InChI is InChI=1S/C48H95NO10/c1-5-9-13-17-23-39-56-47(57-40-24-18-14-10-6-2)31-29-45(51)54-37-27-21-33-49(35-43-53-44-36-50)34-22-28-38-55-46(52)30-32-48(58-41-25-19-15-11-7-3)59-42-26-20-16-12-8-4/h47-48,50H,5-44H2,1-4H3. The third kappa shape index (κ3) is 43.1. The quantitative estimate of drug-likeness (QED) is 0.0358. The summed E-state index contributed by atoms with van der Waals surface area (Å²) in [6.45, 7) is 15.6. The number of carbonyl (C=O) groups excluding carboxylic acids is 2. The molecule has 0 aromatic rings. The van der Waals surface area contributed by atoms with E-state index in [9.17, 15) is 9.59 Å². The average molecular weight is 846 g/mol. The highest BCUT2D eigenvalue weighted by Gasteiger charge is 2.15. The van der Waals surface area contributed by atoms with Gasteiger partial charge in [0.15, 0.2) is 12.6 Å². The minimum Gasteiger partial charge on any atom is -0.466 e. The molecule has 0 bridgehead atoms. The molecule has 0 radical (unpaired) electrons. The first-order valence-corrected chi connectivity index (χ1v) is 24.7. The van der Waals surface area contributed by atoms with Crippen LogP contribution < -0.4 is 0 Å². The van der Waals surface area contributed by atoms with Crippen LogP contribution in [0.4, 0.5) is 0 Å². The lowest BCUT2D eigenvalue weighted by Crippen LogP contribution is -2.30. The molecule has 0 saturated carbocycles. The van der Waals surface area contributed by atoms with E-state index < -0.39 is 0 Å². The van der Waals surface area contributed by atoms with Crippen LogP contribution in [-0.2, 0) is 42.7 Å². The molecule has 59 heavy (non-hydrogen) atoms. The summed E-state index contributed by atoms with van der Waals surface area (Å²) < 4.78 is 40.9. The maximum atomic E-state index is 12.6. The number of hydrogen-bond donors (Lipinski definition) is 1. The van der Waals surface area contributed by atoms with Crippen LogP contribution >= 0.6 is 0 Å². The van der Waals surface area contributed by atoms with Crippen molar-refractivity contribution in [2.75, 3.05) is 79.1 Å². The minimum absolute atomic E-state index is 0.00488. The zero-order chi connectivity index (χ0) is 43.1. The Morgan fingerprint density at radius 2 is 0.746 bits per heavy atom. The van der Waals surface area contributed by atoms with Crippen LogP contribution in [0.3, 0.4) is 0 Å². The molecular formula is C48H95NO10. The maximum absolute atomic E-state index is 12.6. The van der Waals surface area contributed by atoms with Crippen molar-refractivity contribution in [3.8, 4) is 0 Å². The van der Waals surface area contributed by atoms with Crippen LogP contribution in [0.25, 0.3) is 0 Å². The van der Waals surface area contributed by atoms with Gasteiger partial charge in [0.25, 0.3) is 0 Å². The van der Waals surface area contributed by atoms with Gasteiger partial charge >= 0.3 is 11.9 Å². The summed E-state index contributed by atoms with van der Waals surface area (Å²) in [6.07, 6.45) is 27.8. The number of unbranched alkanes of at least 4 members (excludes halogenated alkanes) is 18. The second-order valence-electron chi connectivity index (χ2n) is 16.1. The van der Waals surface area contributed by atoms with Gasteiger partial charge in [-0.3, -0.25) is 9.59 Å². The number of aliphatic hydroxyl groups excluding tert-OH is 1. The summed E-state index contributed by atoms with van der Waals surface area (Å²) >= 11 is 0. The van der Waals surface area contributed by atoms with Gasteiger partial charge < -0.3 is 43.2 Å². The molecule has 0 heterocycles. The van der Waals surface area contributed by atoms with Crippen molar-refractivity contribution in [3.63, 3.8) is 0 Å². The van der Waals surface area contributed by atoms with E-state index in [0.29, 0.717) is 65.7 Å². The van der Waals surface area contributed by atoms with E-state index >= 15 is 0 Å². The lowest BCUT2D eigenvalue weighted by Gasteiger charge is -2.22. The van der Waals surface area contributed by atoms with Crippen LogP contribution in [-0.4, -0.2) is 114 Å². The van der Waals surface area contributed by atoms with E-state index in [4.69, 9.17) is 38.3 Å². The number of aliphatic hydroxyl groups is 1. The van der Waals surface area contributed by atoms with Gasteiger partial charge in [-0.25, -0.2) is 0 Å². The third-order valence-electron chi connectivity index (χ3n) is 10.4. The summed E-state index contributed by atoms with van der Waals surface area (Å²) in [5.74, 6) is -0.411. The Morgan fingerprint density at radius 3 is 1.08 bits per heavy atom. The van der Waals surface area contributed by atoms with E-state index in [1.54, 1.807) is 0 Å². The fourth-order valence-electron chi connectivity index (χ4n) is 6.67. The Hall–Kier alpha value is -1.34. The normalized spacial score (nSPS) is 11.7. The molecule has 0 rings (SSSR count). The van der Waals surface area contributed by atoms with Gasteiger partial charge in [-0.1, -0.05) is 130 Å². The smallest absolute Gasteiger partial charge is 0.305 e. The molecule has 0 aromatic heterocycles. The summed E-state index contributed by atoms with van der Waals surface area (Å²) in [5.41, 5.74) is 0. The Balaban J connectivity index is 4.53. The molecule has 0 aliphatic rings. The highest BCUT2D eigenvalue weighted by atomic mass is 16.7. The van der Waals surface area contributed by atoms with Gasteiger partial charge in [-0.2, -0.15) is 0 Å². The first-order valence-electron chi connectivity index (χ1n) is 24.7. The number of carbonyl (C=O) groups is 2. The van der Waals surface area contributed by atoms with Crippen molar-refractivity contribution in [1.82, 2.24) is 4.90 Å². The number of rotatable bonds is 49. The molecule has 11 heteroatoms. The Morgan fingerprint density at radius 1 is 0.407 bits per heavy atom. The zero-order valence-electron chi connectivity index (χ0n) is 39.0. The van der Waals surface area contributed by atoms with Gasteiger partial charge in [-0.05, 0) is 64.5 Å². The molecule has 0 unspecified atom stereocenters. The molecule has 0 spiro atoms. The lowest BCUT2D eigenvalue weighted by molar-refractivity contribution is -0.159. The summed E-state index contributed by atoms with van der Waals surface area (Å²) in [6, 6.07) is 0. The SMILES string of the molecule is CCCCCCCOC(CCC(=O)OCCCCN(CCCCOC(=O)CCC(OCCCCCCC)OCCCCCCC)CCOCCO)OCCCCCCC. The van der Waals surface area contributed by atoms with Gasteiger partial charge in [-0.15, -0.1) is 0 Å². The maximum Gasteiger partial charge on any atom is 0.305 e. The highest BCUT2D eigenvalue weighted by Crippen LogP contribution is 2.13. The molecule has 11 nitrogen and oxygen atoms in total. The van der Waals surface area contributed by atoms with E-state index in [-0.39, 0.29) is 44.0 Å². The first-order chi connectivity index (χ1) is 29.0. The van der Waals surface area contributed by atoms with Crippen LogP contribution in [0.5, 0.6) is 0 Å². The molecule has 352 valence electrons. The first kappa shape index (κ1) is 57.7. The molecule has 0 aromatic carbocycles. The molecule has 0 saturated heterocycles. The highest BCUT2D eigenvalue weighted by molar-refractivity contribution is 5.69. The van der Waals surface area contributed by atoms with E-state index in [1.165, 1.54) is 77.0 Å². The average Bonchev–Trinajstić information content (AvgIpc) is 3.24. The summed E-state index contributed by atoms with van der Waals surface area (Å²) in [5, 5.41) is 9.11. The second kappa shape index (κ2) is 47.7. The molecule has 0 amide bonds.